The molecule has 0 N–H and O–H groups in total. The minimum absolute atomic E-state index is 0.262. The van der Waals surface area contributed by atoms with Crippen molar-refractivity contribution in [2.45, 2.75) is 206 Å². The zero-order valence-corrected chi connectivity index (χ0v) is 32.2. The van der Waals surface area contributed by atoms with Crippen LogP contribution in [0.2, 0.25) is 0 Å². The highest BCUT2D eigenvalue weighted by molar-refractivity contribution is 4.93. The van der Waals surface area contributed by atoms with Gasteiger partial charge in [-0.05, 0) is 97.6 Å². The number of nitrogens with zero attached hydrogens (tertiary/aromatic N) is 1. The lowest BCUT2D eigenvalue weighted by Crippen LogP contribution is -2.31. The zero-order valence-electron chi connectivity index (χ0n) is 32.2. The molecule has 3 nitrogen and oxygen atoms in total. The highest BCUT2D eigenvalue weighted by Crippen LogP contribution is 2.35. The molecule has 0 bridgehead atoms. The zero-order chi connectivity index (χ0) is 33.9. The third-order valence-corrected chi connectivity index (χ3v) is 9.58. The molecule has 0 aliphatic carbocycles. The van der Waals surface area contributed by atoms with Crippen LogP contribution >= 0.6 is 0 Å². The van der Waals surface area contributed by atoms with Gasteiger partial charge in [-0.15, -0.1) is 0 Å². The molecule has 2 unspecified atom stereocenters. The molecule has 274 valence electrons. The lowest BCUT2D eigenvalue weighted by atomic mass is 9.98. The van der Waals surface area contributed by atoms with Crippen molar-refractivity contribution in [2.24, 2.45) is 0 Å². The summed E-state index contributed by atoms with van der Waals surface area (Å²) in [5, 5.41) is 0. The number of unbranched alkanes of at least 4 members (excludes halogenated alkanes) is 19. The van der Waals surface area contributed by atoms with Crippen molar-refractivity contribution in [3.05, 3.63) is 48.6 Å². The van der Waals surface area contributed by atoms with Crippen LogP contribution in [0.5, 0.6) is 0 Å². The Morgan fingerprint density at radius 1 is 0.511 bits per heavy atom. The van der Waals surface area contributed by atoms with E-state index in [4.69, 9.17) is 9.47 Å². The highest BCUT2D eigenvalue weighted by Gasteiger charge is 2.40. The van der Waals surface area contributed by atoms with E-state index >= 15 is 0 Å². The Morgan fingerprint density at radius 3 is 1.30 bits per heavy atom. The van der Waals surface area contributed by atoms with E-state index in [0.29, 0.717) is 0 Å². The maximum Gasteiger partial charge on any atom is 0.168 e. The average Bonchev–Trinajstić information content (AvgIpc) is 3.48. The van der Waals surface area contributed by atoms with Gasteiger partial charge in [-0.2, -0.15) is 0 Å². The molecule has 1 fully saturated rings. The Balaban J connectivity index is 2.15. The maximum atomic E-state index is 6.68. The fourth-order valence-corrected chi connectivity index (χ4v) is 6.49. The predicted molar refractivity (Wildman–Crippen MR) is 209 cm³/mol. The van der Waals surface area contributed by atoms with E-state index in [-0.39, 0.29) is 11.9 Å². The molecule has 0 spiro atoms. The van der Waals surface area contributed by atoms with Gasteiger partial charge in [0, 0.05) is 19.4 Å². The van der Waals surface area contributed by atoms with Crippen molar-refractivity contribution in [3.63, 3.8) is 0 Å². The molecule has 0 saturated carbocycles. The third kappa shape index (κ3) is 28.4. The van der Waals surface area contributed by atoms with Crippen molar-refractivity contribution in [2.75, 3.05) is 27.2 Å². The van der Waals surface area contributed by atoms with Crippen LogP contribution in [-0.2, 0) is 9.47 Å². The van der Waals surface area contributed by atoms with E-state index in [1.54, 1.807) is 0 Å². The lowest BCUT2D eigenvalue weighted by Gasteiger charge is -2.29. The fraction of sp³-hybridized carbons (Fsp3) is 0.818. The van der Waals surface area contributed by atoms with Gasteiger partial charge in [0.1, 0.15) is 0 Å². The third-order valence-electron chi connectivity index (χ3n) is 9.58. The smallest absolute Gasteiger partial charge is 0.168 e. The van der Waals surface area contributed by atoms with Crippen LogP contribution < -0.4 is 0 Å². The van der Waals surface area contributed by atoms with Crippen molar-refractivity contribution in [1.82, 2.24) is 4.90 Å². The largest absolute Gasteiger partial charge is 0.347 e. The molecule has 0 aromatic rings. The van der Waals surface area contributed by atoms with Crippen molar-refractivity contribution in [3.8, 4) is 0 Å². The molecule has 1 aliphatic heterocycles. The second-order valence-corrected chi connectivity index (χ2v) is 14.6. The fourth-order valence-electron chi connectivity index (χ4n) is 6.49. The SMILES string of the molecule is CCCCCC=CCC=CCCCCCCCCCC1(CCCCCCCCC=CCC=CCCCCC)OCC(CCN(C)C)O1. The number of hydrogen-bond acceptors (Lipinski definition) is 3. The standard InChI is InChI=1S/C44H81NO2/c1-5-7-9-11-13-15-17-19-21-23-25-27-29-31-33-35-37-40-44(46-42-43(47-44)38-41-45(3)4)39-36-34-32-30-28-26-24-22-20-18-16-14-12-10-8-6-2/h13-16,19-22,43H,5-12,17-18,23-42H2,1-4H3. The summed E-state index contributed by atoms with van der Waals surface area (Å²) in [6, 6.07) is 0. The Labute approximate surface area is 295 Å². The van der Waals surface area contributed by atoms with Gasteiger partial charge >= 0.3 is 0 Å². The van der Waals surface area contributed by atoms with Crippen molar-refractivity contribution < 1.29 is 9.47 Å². The number of ether oxygens (including phenoxy) is 2. The van der Waals surface area contributed by atoms with E-state index in [0.717, 1.165) is 45.3 Å². The molecular weight excluding hydrogens is 574 g/mol. The monoisotopic (exact) mass is 656 g/mol. The average molecular weight is 656 g/mol. The summed E-state index contributed by atoms with van der Waals surface area (Å²) in [6.45, 7) is 6.39. The molecule has 1 saturated heterocycles. The van der Waals surface area contributed by atoms with Gasteiger partial charge in [0.2, 0.25) is 0 Å². The summed E-state index contributed by atoms with van der Waals surface area (Å²) >= 11 is 0. The second-order valence-electron chi connectivity index (χ2n) is 14.6. The molecule has 1 rings (SSSR count). The topological polar surface area (TPSA) is 21.7 Å². The van der Waals surface area contributed by atoms with Gasteiger partial charge in [0.05, 0.1) is 12.7 Å². The van der Waals surface area contributed by atoms with Crippen LogP contribution in [0, 0.1) is 0 Å². The van der Waals surface area contributed by atoms with E-state index < -0.39 is 0 Å². The van der Waals surface area contributed by atoms with Crippen LogP contribution in [0.1, 0.15) is 194 Å². The van der Waals surface area contributed by atoms with Crippen LogP contribution in [0.3, 0.4) is 0 Å². The van der Waals surface area contributed by atoms with Crippen LogP contribution in [0.4, 0.5) is 0 Å². The molecule has 3 heteroatoms. The Morgan fingerprint density at radius 2 is 0.894 bits per heavy atom. The molecule has 0 radical (unpaired) electrons. The molecule has 47 heavy (non-hydrogen) atoms. The number of hydrogen-bond donors (Lipinski definition) is 0. The van der Waals surface area contributed by atoms with Crippen molar-refractivity contribution >= 4 is 0 Å². The van der Waals surface area contributed by atoms with Gasteiger partial charge in [0.25, 0.3) is 0 Å². The molecule has 1 heterocycles. The quantitative estimate of drug-likeness (QED) is 0.0508. The Bertz CT molecular complexity index is 769. The van der Waals surface area contributed by atoms with E-state index in [2.05, 4.69) is 81.5 Å². The summed E-state index contributed by atoms with van der Waals surface area (Å²) in [7, 11) is 4.30. The molecule has 2 atom stereocenters. The molecule has 0 aromatic heterocycles. The summed E-state index contributed by atoms with van der Waals surface area (Å²) in [6.07, 6.45) is 54.8. The Hall–Kier alpha value is -1.16. The first-order chi connectivity index (χ1) is 23.1. The highest BCUT2D eigenvalue weighted by atomic mass is 16.7. The van der Waals surface area contributed by atoms with Gasteiger partial charge in [-0.1, -0.05) is 146 Å². The minimum Gasteiger partial charge on any atom is -0.347 e. The lowest BCUT2D eigenvalue weighted by molar-refractivity contribution is -0.180. The minimum atomic E-state index is -0.316. The van der Waals surface area contributed by atoms with Gasteiger partial charge in [-0.3, -0.25) is 0 Å². The van der Waals surface area contributed by atoms with E-state index in [9.17, 15) is 0 Å². The van der Waals surface area contributed by atoms with Gasteiger partial charge in [0.15, 0.2) is 5.79 Å². The van der Waals surface area contributed by atoms with Crippen LogP contribution in [0.25, 0.3) is 0 Å². The molecule has 1 aliphatic rings. The first-order valence-electron chi connectivity index (χ1n) is 20.7. The number of allylic oxidation sites excluding steroid dienone is 8. The normalized spacial score (nSPS) is 18.9. The molecule has 0 amide bonds. The molecule has 0 aromatic carbocycles. The summed E-state index contributed by atoms with van der Waals surface area (Å²) in [4.78, 5) is 2.26. The summed E-state index contributed by atoms with van der Waals surface area (Å²) < 4.78 is 13.2. The van der Waals surface area contributed by atoms with E-state index in [1.807, 2.05) is 0 Å². The van der Waals surface area contributed by atoms with Crippen LogP contribution in [-0.4, -0.2) is 44.0 Å². The number of rotatable bonds is 34. The van der Waals surface area contributed by atoms with Crippen molar-refractivity contribution in [1.29, 1.82) is 0 Å². The summed E-state index contributed by atoms with van der Waals surface area (Å²) in [5.41, 5.74) is 0. The maximum absolute atomic E-state index is 6.68. The van der Waals surface area contributed by atoms with Gasteiger partial charge < -0.3 is 14.4 Å². The first kappa shape index (κ1) is 43.9. The Kier molecular flexibility index (Phi) is 31.1. The second kappa shape index (κ2) is 33.3. The van der Waals surface area contributed by atoms with Gasteiger partial charge in [-0.25, -0.2) is 0 Å². The molecular formula is C44H81NO2. The first-order valence-corrected chi connectivity index (χ1v) is 20.7. The summed E-state index contributed by atoms with van der Waals surface area (Å²) in [5.74, 6) is -0.316. The van der Waals surface area contributed by atoms with Crippen LogP contribution in [0.15, 0.2) is 48.6 Å². The predicted octanol–water partition coefficient (Wildman–Crippen LogP) is 13.8. The van der Waals surface area contributed by atoms with E-state index in [1.165, 1.54) is 148 Å².